The number of rotatable bonds is 5. The normalized spacial score (nSPS) is 10.9. The number of allylic oxidation sites excluding steroid dienone is 1. The number of hydrogen-bond acceptors (Lipinski definition) is 8. The van der Waals surface area contributed by atoms with Crippen molar-refractivity contribution in [3.8, 4) is 0 Å². The predicted molar refractivity (Wildman–Crippen MR) is 111 cm³/mol. The second-order valence-electron chi connectivity index (χ2n) is 5.22. The third kappa shape index (κ3) is 4.59. The second-order valence-corrected chi connectivity index (χ2v) is 6.24. The molecule has 27 heavy (non-hydrogen) atoms. The summed E-state index contributed by atoms with van der Waals surface area (Å²) in [5.74, 6) is 0.453. The van der Waals surface area contributed by atoms with Crippen LogP contribution in [0.15, 0.2) is 53.7 Å². The van der Waals surface area contributed by atoms with Gasteiger partial charge in [0, 0.05) is 40.2 Å². The molecule has 0 aliphatic rings. The second kappa shape index (κ2) is 9.30. The van der Waals surface area contributed by atoms with E-state index in [9.17, 15) is 0 Å². The summed E-state index contributed by atoms with van der Waals surface area (Å²) in [7, 11) is 0. The Morgan fingerprint density at radius 3 is 2.70 bits per heavy atom. The molecule has 0 spiro atoms. The van der Waals surface area contributed by atoms with Gasteiger partial charge in [-0.15, -0.1) is 11.8 Å². The van der Waals surface area contributed by atoms with Crippen molar-refractivity contribution in [3.05, 3.63) is 60.0 Å². The molecule has 3 rings (SSSR count). The van der Waals surface area contributed by atoms with Crippen molar-refractivity contribution in [2.24, 2.45) is 5.73 Å². The highest BCUT2D eigenvalue weighted by atomic mass is 32.2. The fourth-order valence-corrected chi connectivity index (χ4v) is 3.13. The van der Waals surface area contributed by atoms with Gasteiger partial charge >= 0.3 is 0 Å². The lowest BCUT2D eigenvalue weighted by Gasteiger charge is -2.09. The number of thioether (sulfide) groups is 1. The summed E-state index contributed by atoms with van der Waals surface area (Å²) in [6, 6.07) is 11.0. The van der Waals surface area contributed by atoms with E-state index in [1.807, 2.05) is 18.2 Å². The highest BCUT2D eigenvalue weighted by molar-refractivity contribution is 7.98. The third-order valence-electron chi connectivity index (χ3n) is 3.64. The molecule has 0 bridgehead atoms. The molecule has 138 valence electrons. The molecule has 0 fully saturated rings. The average Bonchev–Trinajstić information content (AvgIpc) is 2.71. The van der Waals surface area contributed by atoms with E-state index in [-0.39, 0.29) is 5.49 Å². The summed E-state index contributed by atoms with van der Waals surface area (Å²) >= 11 is 1.54. The van der Waals surface area contributed by atoms with Gasteiger partial charge in [0.05, 0.1) is 17.1 Å². The molecule has 0 saturated heterocycles. The number of pyridine rings is 1. The molecule has 0 aliphatic carbocycles. The number of hydrogen-bond donors (Lipinski definition) is 5. The Hall–Kier alpha value is -3.46. The van der Waals surface area contributed by atoms with Gasteiger partial charge < -0.3 is 22.3 Å². The van der Waals surface area contributed by atoms with E-state index in [1.54, 1.807) is 29.1 Å². The molecule has 0 amide bonds. The summed E-state index contributed by atoms with van der Waals surface area (Å²) in [5.41, 5.74) is 14.4. The standard InChI is InChI=1S/C17H17N7S.CH3N/c18-8-11(9-19)15-3-4-17(21)24(23-15)10-25-12-1-2-16-13(7-12)14(20)5-6-22-16;1-2/h1-9,18,21H,10,19H2,(H2,20,22);2H,1H2/b11-9+,18-8?,21-17?;. The van der Waals surface area contributed by atoms with Gasteiger partial charge in [0.25, 0.3) is 0 Å². The maximum atomic E-state index is 8.00. The zero-order valence-corrected chi connectivity index (χ0v) is 15.3. The Balaban J connectivity index is 0.00000126. The minimum absolute atomic E-state index is 0.277. The van der Waals surface area contributed by atoms with Crippen LogP contribution >= 0.6 is 11.8 Å². The zero-order valence-electron chi connectivity index (χ0n) is 14.5. The monoisotopic (exact) mass is 380 g/mol. The lowest BCUT2D eigenvalue weighted by Crippen LogP contribution is -2.22. The first-order chi connectivity index (χ1) is 13.1. The smallest absolute Gasteiger partial charge is 0.142 e. The largest absolute Gasteiger partial charge is 0.404 e. The fourth-order valence-electron chi connectivity index (χ4n) is 2.29. The molecule has 2 aromatic heterocycles. The topological polar surface area (TPSA) is 154 Å². The van der Waals surface area contributed by atoms with Gasteiger partial charge in [0.1, 0.15) is 5.49 Å². The molecule has 7 N–H and O–H groups in total. The highest BCUT2D eigenvalue weighted by Crippen LogP contribution is 2.26. The van der Waals surface area contributed by atoms with Crippen molar-refractivity contribution in [2.45, 2.75) is 10.8 Å². The van der Waals surface area contributed by atoms with Crippen molar-refractivity contribution in [3.63, 3.8) is 0 Å². The quantitative estimate of drug-likeness (QED) is 0.340. The van der Waals surface area contributed by atoms with E-state index in [4.69, 9.17) is 27.7 Å². The molecule has 0 aliphatic heterocycles. The first-order valence-corrected chi connectivity index (χ1v) is 8.79. The van der Waals surface area contributed by atoms with Crippen LogP contribution in [0.2, 0.25) is 0 Å². The molecule has 0 unspecified atom stereocenters. The SMILES string of the molecule is C=N.N=C/C(=C\N)c1ccc(=N)n(CSc2ccc3nccc(N)c3c2)n1. The average molecular weight is 380 g/mol. The van der Waals surface area contributed by atoms with Crippen LogP contribution in [0.1, 0.15) is 5.69 Å². The van der Waals surface area contributed by atoms with Crippen molar-refractivity contribution in [1.29, 1.82) is 16.2 Å². The molecule has 9 heteroatoms. The number of benzene rings is 1. The number of nitrogens with zero attached hydrogens (tertiary/aromatic N) is 3. The number of nitrogens with two attached hydrogens (primary N) is 2. The minimum Gasteiger partial charge on any atom is -0.404 e. The maximum absolute atomic E-state index is 8.00. The molecule has 0 saturated carbocycles. The van der Waals surface area contributed by atoms with Crippen LogP contribution in [0.5, 0.6) is 0 Å². The van der Waals surface area contributed by atoms with E-state index in [2.05, 4.69) is 16.8 Å². The number of fused-ring (bicyclic) bond motifs is 1. The van der Waals surface area contributed by atoms with Gasteiger partial charge in [-0.1, -0.05) is 0 Å². The zero-order chi connectivity index (χ0) is 19.8. The molecule has 2 heterocycles. The Morgan fingerprint density at radius 2 is 2.00 bits per heavy atom. The number of anilines is 1. The summed E-state index contributed by atoms with van der Waals surface area (Å²) < 4.78 is 1.56. The van der Waals surface area contributed by atoms with Crippen LogP contribution in [0, 0.1) is 16.2 Å². The van der Waals surface area contributed by atoms with Crippen molar-refractivity contribution >= 4 is 46.9 Å². The summed E-state index contributed by atoms with van der Waals surface area (Å²) in [6.07, 6.45) is 4.16. The molecule has 1 aromatic carbocycles. The van der Waals surface area contributed by atoms with Crippen LogP contribution in [0.3, 0.4) is 0 Å². The molecule has 0 radical (unpaired) electrons. The first kappa shape index (κ1) is 19.9. The Labute approximate surface area is 160 Å². The summed E-state index contributed by atoms with van der Waals surface area (Å²) in [6.45, 7) is 2.50. The predicted octanol–water partition coefficient (Wildman–Crippen LogP) is 2.46. The maximum Gasteiger partial charge on any atom is 0.142 e. The van der Waals surface area contributed by atoms with E-state index in [0.717, 1.165) is 22.0 Å². The number of aromatic nitrogens is 3. The van der Waals surface area contributed by atoms with Crippen molar-refractivity contribution in [1.82, 2.24) is 14.8 Å². The lowest BCUT2D eigenvalue weighted by molar-refractivity contribution is 0.664. The van der Waals surface area contributed by atoms with Crippen LogP contribution < -0.4 is 17.0 Å². The van der Waals surface area contributed by atoms with E-state index >= 15 is 0 Å². The molecule has 3 aromatic rings. The fraction of sp³-hybridized carbons (Fsp3) is 0.0556. The van der Waals surface area contributed by atoms with Gasteiger partial charge in [-0.05, 0) is 43.1 Å². The van der Waals surface area contributed by atoms with Gasteiger partial charge in [0.15, 0.2) is 0 Å². The van der Waals surface area contributed by atoms with Crippen LogP contribution in [-0.4, -0.2) is 27.7 Å². The molecular formula is C18H20N8S. The van der Waals surface area contributed by atoms with Crippen LogP contribution in [0.25, 0.3) is 16.5 Å². The van der Waals surface area contributed by atoms with Gasteiger partial charge in [-0.3, -0.25) is 10.4 Å². The van der Waals surface area contributed by atoms with E-state index < -0.39 is 0 Å². The van der Waals surface area contributed by atoms with E-state index in [1.165, 1.54) is 18.0 Å². The Bertz CT molecular complexity index is 1040. The van der Waals surface area contributed by atoms with Gasteiger partial charge in [0.2, 0.25) is 0 Å². The highest BCUT2D eigenvalue weighted by Gasteiger charge is 2.05. The van der Waals surface area contributed by atoms with Crippen LogP contribution in [-0.2, 0) is 5.88 Å². The summed E-state index contributed by atoms with van der Waals surface area (Å²) in [4.78, 5) is 5.30. The molecule has 8 nitrogen and oxygen atoms in total. The Kier molecular flexibility index (Phi) is 6.84. The van der Waals surface area contributed by atoms with Crippen molar-refractivity contribution in [2.75, 3.05) is 5.73 Å². The third-order valence-corrected chi connectivity index (χ3v) is 4.60. The number of nitrogens with one attached hydrogen (secondary N) is 3. The van der Waals surface area contributed by atoms with E-state index in [0.29, 0.717) is 22.8 Å². The minimum atomic E-state index is 0.277. The Morgan fingerprint density at radius 1 is 1.22 bits per heavy atom. The molecular weight excluding hydrogens is 360 g/mol. The van der Waals surface area contributed by atoms with Crippen LogP contribution in [0.4, 0.5) is 5.69 Å². The van der Waals surface area contributed by atoms with Crippen molar-refractivity contribution < 1.29 is 0 Å². The molecule has 0 atom stereocenters. The van der Waals surface area contributed by atoms with Gasteiger partial charge in [-0.2, -0.15) is 5.10 Å². The lowest BCUT2D eigenvalue weighted by atomic mass is 10.2. The summed E-state index contributed by atoms with van der Waals surface area (Å²) in [5, 5.41) is 26.2. The number of nitrogen functional groups attached to an aromatic ring is 1. The first-order valence-electron chi connectivity index (χ1n) is 7.80. The van der Waals surface area contributed by atoms with Gasteiger partial charge in [-0.25, -0.2) is 4.68 Å².